The van der Waals surface area contributed by atoms with E-state index < -0.39 is 59.6 Å². The number of nitrogens with zero attached hydrogens (tertiary/aromatic N) is 6. The standard InChI is InChI=1S/C28H34F6N6O5S/c1-26(2)24(42)40(46-19-12-20(27(29,30)31)21(13-35)36-14-19)25(43)39(26)17-4-6-18(7-5-17)45-11-10-37-8-9-38(16-23(41)44-3)22(15-37)28(32,33)34/h12,14,17-18,22H,4-11,15-16H2,1-3H3/t17?,18?,22-/m1/s1. The first-order valence-electron chi connectivity index (χ1n) is 14.5. The maximum Gasteiger partial charge on any atom is 0.419 e. The number of carbonyl (C=O) groups excluding carboxylic acids is 3. The summed E-state index contributed by atoms with van der Waals surface area (Å²) in [4.78, 5) is 45.8. The number of esters is 1. The molecule has 0 N–H and O–H groups in total. The summed E-state index contributed by atoms with van der Waals surface area (Å²) >= 11 is 0.513. The molecule has 0 spiro atoms. The van der Waals surface area contributed by atoms with E-state index >= 15 is 0 Å². The number of piperazine rings is 1. The highest BCUT2D eigenvalue weighted by molar-refractivity contribution is 7.98. The van der Waals surface area contributed by atoms with E-state index in [2.05, 4.69) is 9.72 Å². The molecule has 3 aliphatic rings. The quantitative estimate of drug-likeness (QED) is 0.164. The fourth-order valence-electron chi connectivity index (χ4n) is 6.00. The Kier molecular flexibility index (Phi) is 10.8. The van der Waals surface area contributed by atoms with Crippen molar-refractivity contribution in [1.82, 2.24) is 24.0 Å². The smallest absolute Gasteiger partial charge is 0.419 e. The Labute approximate surface area is 265 Å². The van der Waals surface area contributed by atoms with Crippen LogP contribution in [0, 0.1) is 11.3 Å². The summed E-state index contributed by atoms with van der Waals surface area (Å²) in [6.45, 7) is 3.19. The zero-order valence-electron chi connectivity index (χ0n) is 25.4. The molecule has 4 rings (SSSR count). The van der Waals surface area contributed by atoms with Gasteiger partial charge in [0, 0.05) is 55.3 Å². The van der Waals surface area contributed by atoms with E-state index in [1.807, 2.05) is 0 Å². The number of hydrogen-bond acceptors (Lipinski definition) is 10. The minimum absolute atomic E-state index is 0.0449. The lowest BCUT2D eigenvalue weighted by atomic mass is 9.89. The van der Waals surface area contributed by atoms with Crippen LogP contribution in [0.4, 0.5) is 31.1 Å². The molecule has 46 heavy (non-hydrogen) atoms. The lowest BCUT2D eigenvalue weighted by Gasteiger charge is -2.42. The molecule has 0 radical (unpaired) electrons. The molecule has 2 aliphatic heterocycles. The molecule has 2 saturated heterocycles. The monoisotopic (exact) mass is 680 g/mol. The largest absolute Gasteiger partial charge is 0.468 e. The van der Waals surface area contributed by atoms with Crippen molar-refractivity contribution in [2.75, 3.05) is 46.4 Å². The molecular formula is C28H34F6N6O5S. The van der Waals surface area contributed by atoms with E-state index in [0.29, 0.717) is 50.2 Å². The average molecular weight is 681 g/mol. The number of halogens is 6. The zero-order valence-corrected chi connectivity index (χ0v) is 26.2. The SMILES string of the molecule is COC(=O)CN1CCN(CCOC2CCC(N3C(=O)N(Sc4cnc(C#N)c(C(F)(F)F)c4)C(=O)C3(C)C)CC2)C[C@@H]1C(F)(F)F. The second-order valence-corrected chi connectivity index (χ2v) is 12.8. The lowest BCUT2D eigenvalue weighted by Crippen LogP contribution is -2.60. The molecule has 3 heterocycles. The summed E-state index contributed by atoms with van der Waals surface area (Å²) in [7, 11) is 1.12. The normalized spacial score (nSPS) is 24.7. The van der Waals surface area contributed by atoms with Gasteiger partial charge in [-0.05, 0) is 45.6 Å². The number of methoxy groups -OCH3 is 1. The number of carbonyl (C=O) groups is 3. The molecule has 1 atom stereocenters. The molecule has 11 nitrogen and oxygen atoms in total. The lowest BCUT2D eigenvalue weighted by molar-refractivity contribution is -0.199. The molecule has 1 aromatic heterocycles. The maximum atomic E-state index is 13.7. The number of alkyl halides is 6. The summed E-state index contributed by atoms with van der Waals surface area (Å²) in [6, 6.07) is -0.763. The number of urea groups is 1. The van der Waals surface area contributed by atoms with Crippen LogP contribution in [-0.2, 0) is 25.2 Å². The van der Waals surface area contributed by atoms with Gasteiger partial charge in [0.15, 0.2) is 5.69 Å². The first-order valence-corrected chi connectivity index (χ1v) is 15.3. The van der Waals surface area contributed by atoms with Crippen molar-refractivity contribution in [2.45, 2.75) is 80.5 Å². The minimum Gasteiger partial charge on any atom is -0.468 e. The second-order valence-electron chi connectivity index (χ2n) is 11.8. The van der Waals surface area contributed by atoms with Gasteiger partial charge in [0.2, 0.25) is 0 Å². The van der Waals surface area contributed by atoms with Crippen LogP contribution in [0.2, 0.25) is 0 Å². The Bertz CT molecular complexity index is 1350. The predicted molar refractivity (Wildman–Crippen MR) is 150 cm³/mol. The van der Waals surface area contributed by atoms with Crippen molar-refractivity contribution >= 4 is 29.9 Å². The second kappa shape index (κ2) is 13.9. The van der Waals surface area contributed by atoms with Gasteiger partial charge in [-0.15, -0.1) is 0 Å². The van der Waals surface area contributed by atoms with E-state index in [0.717, 1.165) is 22.5 Å². The third-order valence-corrected chi connectivity index (χ3v) is 9.38. The van der Waals surface area contributed by atoms with Crippen LogP contribution in [0.1, 0.15) is 50.8 Å². The van der Waals surface area contributed by atoms with Gasteiger partial charge in [-0.1, -0.05) is 0 Å². The number of rotatable bonds is 9. The van der Waals surface area contributed by atoms with Crippen LogP contribution >= 0.6 is 11.9 Å². The van der Waals surface area contributed by atoms with E-state index in [9.17, 15) is 40.7 Å². The molecule has 0 unspecified atom stereocenters. The number of nitriles is 1. The van der Waals surface area contributed by atoms with Crippen LogP contribution in [-0.4, -0.2) is 118 Å². The fraction of sp³-hybridized carbons (Fsp3) is 0.679. The molecular weight excluding hydrogens is 646 g/mol. The molecule has 18 heteroatoms. The van der Waals surface area contributed by atoms with Gasteiger partial charge in [0.05, 0.1) is 31.9 Å². The molecule has 1 saturated carbocycles. The highest BCUT2D eigenvalue weighted by atomic mass is 32.2. The first-order chi connectivity index (χ1) is 21.5. The highest BCUT2D eigenvalue weighted by Gasteiger charge is 2.55. The van der Waals surface area contributed by atoms with Gasteiger partial charge in [-0.3, -0.25) is 19.4 Å². The van der Waals surface area contributed by atoms with Crippen molar-refractivity contribution < 1.29 is 50.2 Å². The molecule has 0 bridgehead atoms. The first kappa shape index (κ1) is 35.7. The number of amides is 3. The fourth-order valence-corrected chi connectivity index (χ4v) is 6.96. The molecule has 1 aliphatic carbocycles. The molecule has 0 aromatic carbocycles. The van der Waals surface area contributed by atoms with Gasteiger partial charge in [0.1, 0.15) is 17.6 Å². The average Bonchev–Trinajstić information content (AvgIpc) is 3.15. The topological polar surface area (TPSA) is 119 Å². The predicted octanol–water partition coefficient (Wildman–Crippen LogP) is 4.07. The van der Waals surface area contributed by atoms with Crippen LogP contribution in [0.25, 0.3) is 0 Å². The van der Waals surface area contributed by atoms with Gasteiger partial charge in [0.25, 0.3) is 5.91 Å². The Morgan fingerprint density at radius 1 is 1.13 bits per heavy atom. The van der Waals surface area contributed by atoms with Gasteiger partial charge in [-0.25, -0.2) is 9.78 Å². The Morgan fingerprint density at radius 2 is 1.80 bits per heavy atom. The zero-order chi connectivity index (χ0) is 34.0. The van der Waals surface area contributed by atoms with Crippen LogP contribution in [0.3, 0.4) is 0 Å². The molecule has 3 amide bonds. The van der Waals surface area contributed by atoms with Gasteiger partial charge >= 0.3 is 24.4 Å². The van der Waals surface area contributed by atoms with Crippen molar-refractivity contribution in [2.24, 2.45) is 0 Å². The number of pyridine rings is 1. The Morgan fingerprint density at radius 3 is 2.39 bits per heavy atom. The summed E-state index contributed by atoms with van der Waals surface area (Å²) in [6.07, 6.45) is -6.57. The molecule has 3 fully saturated rings. The highest BCUT2D eigenvalue weighted by Crippen LogP contribution is 2.41. The van der Waals surface area contributed by atoms with Crippen molar-refractivity contribution in [3.05, 3.63) is 23.5 Å². The molecule has 1 aromatic rings. The van der Waals surface area contributed by atoms with E-state index in [-0.39, 0.29) is 43.3 Å². The van der Waals surface area contributed by atoms with Gasteiger partial charge in [-0.2, -0.15) is 35.9 Å². The number of hydrogen-bond donors (Lipinski definition) is 0. The minimum atomic E-state index is -4.86. The van der Waals surface area contributed by atoms with Gasteiger partial charge < -0.3 is 14.4 Å². The number of ether oxygens (including phenoxy) is 2. The molecule has 254 valence electrons. The number of aromatic nitrogens is 1. The van der Waals surface area contributed by atoms with Crippen LogP contribution in [0.15, 0.2) is 17.2 Å². The van der Waals surface area contributed by atoms with Crippen LogP contribution < -0.4 is 0 Å². The van der Waals surface area contributed by atoms with Crippen molar-refractivity contribution in [3.63, 3.8) is 0 Å². The van der Waals surface area contributed by atoms with E-state index in [4.69, 9.17) is 10.00 Å². The maximum absolute atomic E-state index is 13.7. The summed E-state index contributed by atoms with van der Waals surface area (Å²) < 4.78 is 92.5. The summed E-state index contributed by atoms with van der Waals surface area (Å²) in [5, 5.41) is 8.98. The van der Waals surface area contributed by atoms with E-state index in [1.165, 1.54) is 11.0 Å². The Balaban J connectivity index is 1.30. The third kappa shape index (κ3) is 7.86. The summed E-state index contributed by atoms with van der Waals surface area (Å²) in [5.41, 5.74) is -3.37. The van der Waals surface area contributed by atoms with Crippen LogP contribution in [0.5, 0.6) is 0 Å². The Hall–Kier alpha value is -3.14. The van der Waals surface area contributed by atoms with Crippen molar-refractivity contribution in [1.29, 1.82) is 5.26 Å². The van der Waals surface area contributed by atoms with Crippen molar-refractivity contribution in [3.8, 4) is 6.07 Å². The number of imide groups is 1. The third-order valence-electron chi connectivity index (χ3n) is 8.44. The van der Waals surface area contributed by atoms with E-state index in [1.54, 1.807) is 18.7 Å². The summed E-state index contributed by atoms with van der Waals surface area (Å²) in [5.74, 6) is -1.35.